The summed E-state index contributed by atoms with van der Waals surface area (Å²) >= 11 is 5.30. The van der Waals surface area contributed by atoms with Gasteiger partial charge in [0.15, 0.2) is 5.11 Å². The van der Waals surface area contributed by atoms with Crippen molar-refractivity contribution in [3.05, 3.63) is 60.2 Å². The normalized spacial score (nSPS) is 15.0. The molecule has 1 aliphatic carbocycles. The molecule has 2 aromatic carbocycles. The molecule has 2 N–H and O–H groups in total. The Kier molecular flexibility index (Phi) is 6.40. The Morgan fingerprint density at radius 3 is 2.56 bits per heavy atom. The van der Waals surface area contributed by atoms with Gasteiger partial charge in [-0.2, -0.15) is 5.10 Å². The van der Waals surface area contributed by atoms with Crippen molar-refractivity contribution in [1.82, 2.24) is 10.7 Å². The first-order valence-corrected chi connectivity index (χ1v) is 9.13. The second-order valence-corrected chi connectivity index (χ2v) is 6.57. The van der Waals surface area contributed by atoms with Crippen LogP contribution in [0.5, 0.6) is 11.5 Å². The quantitative estimate of drug-likeness (QED) is 0.468. The molecule has 2 aromatic rings. The SMILES string of the molecule is S=C(NN=Cc1cccc(Oc2ccccc2)c1)NC1CCCCC1. The highest BCUT2D eigenvalue weighted by Gasteiger charge is 2.13. The molecule has 0 aliphatic heterocycles. The van der Waals surface area contributed by atoms with Crippen LogP contribution in [-0.4, -0.2) is 17.4 Å². The Balaban J connectivity index is 1.51. The van der Waals surface area contributed by atoms with Gasteiger partial charge in [-0.3, -0.25) is 5.43 Å². The Morgan fingerprint density at radius 1 is 1.00 bits per heavy atom. The topological polar surface area (TPSA) is 45.7 Å². The molecule has 0 bridgehead atoms. The summed E-state index contributed by atoms with van der Waals surface area (Å²) in [6, 6.07) is 18.0. The zero-order chi connectivity index (χ0) is 17.3. The van der Waals surface area contributed by atoms with Crippen molar-refractivity contribution in [2.45, 2.75) is 38.1 Å². The summed E-state index contributed by atoms with van der Waals surface area (Å²) in [6.07, 6.45) is 7.99. The minimum atomic E-state index is 0.478. The van der Waals surface area contributed by atoms with E-state index in [9.17, 15) is 0 Å². The van der Waals surface area contributed by atoms with Crippen molar-refractivity contribution >= 4 is 23.5 Å². The predicted molar refractivity (Wildman–Crippen MR) is 106 cm³/mol. The monoisotopic (exact) mass is 353 g/mol. The lowest BCUT2D eigenvalue weighted by Crippen LogP contribution is -2.40. The van der Waals surface area contributed by atoms with Crippen molar-refractivity contribution < 1.29 is 4.74 Å². The number of nitrogens with zero attached hydrogens (tertiary/aromatic N) is 1. The van der Waals surface area contributed by atoms with Gasteiger partial charge in [0, 0.05) is 6.04 Å². The van der Waals surface area contributed by atoms with Gasteiger partial charge < -0.3 is 10.1 Å². The van der Waals surface area contributed by atoms with Crippen LogP contribution >= 0.6 is 12.2 Å². The van der Waals surface area contributed by atoms with Gasteiger partial charge >= 0.3 is 0 Å². The maximum atomic E-state index is 5.83. The van der Waals surface area contributed by atoms with Crippen molar-refractivity contribution in [2.75, 3.05) is 0 Å². The fourth-order valence-electron chi connectivity index (χ4n) is 2.91. The minimum Gasteiger partial charge on any atom is -0.457 e. The predicted octanol–water partition coefficient (Wildman–Crippen LogP) is 4.61. The van der Waals surface area contributed by atoms with Crippen molar-refractivity contribution in [3.63, 3.8) is 0 Å². The van der Waals surface area contributed by atoms with Crippen LogP contribution in [0.4, 0.5) is 0 Å². The summed E-state index contributed by atoms with van der Waals surface area (Å²) in [5.74, 6) is 1.59. The van der Waals surface area contributed by atoms with E-state index in [1.165, 1.54) is 32.1 Å². The molecule has 0 aromatic heterocycles. The summed E-state index contributed by atoms with van der Waals surface area (Å²) in [5.41, 5.74) is 3.84. The Labute approximate surface area is 154 Å². The Bertz CT molecular complexity index is 712. The summed E-state index contributed by atoms with van der Waals surface area (Å²) < 4.78 is 5.83. The van der Waals surface area contributed by atoms with Crippen LogP contribution in [-0.2, 0) is 0 Å². The third-order valence-corrected chi connectivity index (χ3v) is 4.37. The number of hydrogen-bond donors (Lipinski definition) is 2. The molecule has 3 rings (SSSR count). The Morgan fingerprint density at radius 2 is 1.76 bits per heavy atom. The lowest BCUT2D eigenvalue weighted by molar-refractivity contribution is 0.412. The highest BCUT2D eigenvalue weighted by Crippen LogP contribution is 2.21. The molecule has 25 heavy (non-hydrogen) atoms. The second kappa shape index (κ2) is 9.18. The third-order valence-electron chi connectivity index (χ3n) is 4.16. The molecule has 4 nitrogen and oxygen atoms in total. The van der Waals surface area contributed by atoms with Crippen molar-refractivity contribution in [3.8, 4) is 11.5 Å². The van der Waals surface area contributed by atoms with Crippen LogP contribution in [0, 0.1) is 0 Å². The van der Waals surface area contributed by atoms with E-state index in [4.69, 9.17) is 17.0 Å². The van der Waals surface area contributed by atoms with E-state index >= 15 is 0 Å². The number of nitrogens with one attached hydrogen (secondary N) is 2. The number of hydrazone groups is 1. The number of hydrogen-bond acceptors (Lipinski definition) is 3. The zero-order valence-corrected chi connectivity index (χ0v) is 15.0. The minimum absolute atomic E-state index is 0.478. The van der Waals surface area contributed by atoms with Gasteiger partial charge in [0.2, 0.25) is 0 Å². The average Bonchev–Trinajstić information content (AvgIpc) is 2.64. The van der Waals surface area contributed by atoms with Gasteiger partial charge in [-0.15, -0.1) is 0 Å². The number of para-hydroxylation sites is 1. The van der Waals surface area contributed by atoms with Crippen LogP contribution in [0.15, 0.2) is 59.7 Å². The molecule has 1 saturated carbocycles. The van der Waals surface area contributed by atoms with Gasteiger partial charge in [-0.05, 0) is 54.9 Å². The van der Waals surface area contributed by atoms with E-state index in [0.29, 0.717) is 11.2 Å². The van der Waals surface area contributed by atoms with E-state index in [1.54, 1.807) is 6.21 Å². The molecular weight excluding hydrogens is 330 g/mol. The van der Waals surface area contributed by atoms with Gasteiger partial charge in [-0.1, -0.05) is 49.6 Å². The molecule has 1 aliphatic rings. The summed E-state index contributed by atoms with van der Waals surface area (Å²) in [6.45, 7) is 0. The van der Waals surface area contributed by atoms with E-state index < -0.39 is 0 Å². The van der Waals surface area contributed by atoms with Crippen LogP contribution in [0.1, 0.15) is 37.7 Å². The summed E-state index contributed by atoms with van der Waals surface area (Å²) in [4.78, 5) is 0. The fraction of sp³-hybridized carbons (Fsp3) is 0.300. The third kappa shape index (κ3) is 5.87. The van der Waals surface area contributed by atoms with Crippen LogP contribution in [0.2, 0.25) is 0 Å². The van der Waals surface area contributed by atoms with E-state index in [1.807, 2.05) is 54.6 Å². The molecule has 0 amide bonds. The first-order valence-electron chi connectivity index (χ1n) is 8.72. The number of thiocarbonyl (C=S) groups is 1. The van der Waals surface area contributed by atoms with Gasteiger partial charge in [0.05, 0.1) is 6.21 Å². The highest BCUT2D eigenvalue weighted by atomic mass is 32.1. The molecule has 130 valence electrons. The van der Waals surface area contributed by atoms with Crippen LogP contribution in [0.25, 0.3) is 0 Å². The Hall–Kier alpha value is -2.40. The molecule has 1 fully saturated rings. The number of rotatable bonds is 5. The summed E-state index contributed by atoms with van der Waals surface area (Å²) in [5, 5.41) is 8.14. The van der Waals surface area contributed by atoms with Crippen LogP contribution < -0.4 is 15.5 Å². The maximum Gasteiger partial charge on any atom is 0.187 e. The van der Waals surface area contributed by atoms with E-state index in [2.05, 4.69) is 15.8 Å². The maximum absolute atomic E-state index is 5.83. The first-order chi connectivity index (χ1) is 12.3. The molecule has 5 heteroatoms. The molecular formula is C20H23N3OS. The lowest BCUT2D eigenvalue weighted by atomic mass is 9.96. The van der Waals surface area contributed by atoms with Crippen LogP contribution in [0.3, 0.4) is 0 Å². The van der Waals surface area contributed by atoms with E-state index in [-0.39, 0.29) is 0 Å². The van der Waals surface area contributed by atoms with Gasteiger partial charge in [0.1, 0.15) is 11.5 Å². The average molecular weight is 353 g/mol. The lowest BCUT2D eigenvalue weighted by Gasteiger charge is -2.23. The smallest absolute Gasteiger partial charge is 0.187 e. The molecule has 0 unspecified atom stereocenters. The molecule has 0 saturated heterocycles. The standard InChI is InChI=1S/C20H23N3OS/c25-20(22-17-9-3-1-4-10-17)23-21-15-16-8-7-13-19(14-16)24-18-11-5-2-6-12-18/h2,5-8,11-15,17H,1,3-4,9-10H2,(H2,22,23,25). The molecule has 0 radical (unpaired) electrons. The number of benzene rings is 2. The highest BCUT2D eigenvalue weighted by molar-refractivity contribution is 7.80. The van der Waals surface area contributed by atoms with Crippen molar-refractivity contribution in [1.29, 1.82) is 0 Å². The zero-order valence-electron chi connectivity index (χ0n) is 14.2. The largest absolute Gasteiger partial charge is 0.457 e. The molecule has 0 heterocycles. The van der Waals surface area contributed by atoms with Gasteiger partial charge in [-0.25, -0.2) is 0 Å². The van der Waals surface area contributed by atoms with Crippen molar-refractivity contribution in [2.24, 2.45) is 5.10 Å². The summed E-state index contributed by atoms with van der Waals surface area (Å²) in [7, 11) is 0. The molecule has 0 spiro atoms. The molecule has 0 atom stereocenters. The van der Waals surface area contributed by atoms with E-state index in [0.717, 1.165) is 17.1 Å². The second-order valence-electron chi connectivity index (χ2n) is 6.17. The fourth-order valence-corrected chi connectivity index (χ4v) is 3.13. The van der Waals surface area contributed by atoms with Gasteiger partial charge in [0.25, 0.3) is 0 Å². The first kappa shape index (κ1) is 17.4. The number of ether oxygens (including phenoxy) is 1.